The predicted octanol–water partition coefficient (Wildman–Crippen LogP) is 3.35. The summed E-state index contributed by atoms with van der Waals surface area (Å²) in [5.41, 5.74) is 0.874. The summed E-state index contributed by atoms with van der Waals surface area (Å²) >= 11 is 1.37. The highest BCUT2D eigenvalue weighted by Gasteiger charge is 2.17. The van der Waals surface area contributed by atoms with Crippen molar-refractivity contribution in [1.82, 2.24) is 9.97 Å². The first-order valence-corrected chi connectivity index (χ1v) is 9.23. The molecule has 27 heavy (non-hydrogen) atoms. The minimum atomic E-state index is -0.607. The number of nitrogens with one attached hydrogen (secondary N) is 1. The van der Waals surface area contributed by atoms with Gasteiger partial charge in [-0.3, -0.25) is 4.79 Å². The average molecular weight is 388 g/mol. The molecule has 0 aliphatic carbocycles. The number of H-pyrrole nitrogens is 1. The molecule has 0 saturated carbocycles. The molecular weight excluding hydrogens is 372 g/mol. The summed E-state index contributed by atoms with van der Waals surface area (Å²) in [5.74, 6) is -0.0788. The van der Waals surface area contributed by atoms with E-state index in [0.717, 1.165) is 6.07 Å². The third-order valence-corrected chi connectivity index (χ3v) is 5.27. The van der Waals surface area contributed by atoms with Crippen LogP contribution in [0.15, 0.2) is 51.2 Å². The van der Waals surface area contributed by atoms with Crippen LogP contribution in [-0.2, 0) is 6.54 Å². The Balaban J connectivity index is 1.57. The molecule has 0 saturated heterocycles. The Bertz CT molecular complexity index is 1150. The lowest BCUT2D eigenvalue weighted by Crippen LogP contribution is -2.83. The van der Waals surface area contributed by atoms with Crippen LogP contribution < -0.4 is 10.9 Å². The van der Waals surface area contributed by atoms with Gasteiger partial charge in [-0.1, -0.05) is 0 Å². The number of hydrogen-bond acceptors (Lipinski definition) is 4. The summed E-state index contributed by atoms with van der Waals surface area (Å²) < 4.78 is 32.3. The number of rotatable bonds is 5. The molecule has 8 heteroatoms. The van der Waals surface area contributed by atoms with Gasteiger partial charge in [0, 0.05) is 22.6 Å². The molecule has 1 aromatic carbocycles. The highest BCUT2D eigenvalue weighted by atomic mass is 32.1. The second-order valence-corrected chi connectivity index (χ2v) is 7.07. The number of aromatic amines is 1. The second kappa shape index (κ2) is 7.05. The van der Waals surface area contributed by atoms with Gasteiger partial charge in [0.25, 0.3) is 5.56 Å². The Morgan fingerprint density at radius 2 is 2.19 bits per heavy atom. The molecule has 1 atom stereocenters. The summed E-state index contributed by atoms with van der Waals surface area (Å²) in [4.78, 5) is 20.4. The summed E-state index contributed by atoms with van der Waals surface area (Å²) in [6.07, 6.45) is 1.56. The van der Waals surface area contributed by atoms with E-state index in [0.29, 0.717) is 39.5 Å². The first kappa shape index (κ1) is 17.6. The van der Waals surface area contributed by atoms with Crippen LogP contribution >= 0.6 is 11.3 Å². The first-order valence-electron chi connectivity index (χ1n) is 8.35. The van der Waals surface area contributed by atoms with E-state index in [1.165, 1.54) is 23.5 Å². The number of nitrogens with zero attached hydrogens (tertiary/aromatic N) is 1. The lowest BCUT2D eigenvalue weighted by atomic mass is 10.1. The average Bonchev–Trinajstić information content (AvgIpc) is 3.29. The molecule has 3 aromatic heterocycles. The van der Waals surface area contributed by atoms with E-state index in [-0.39, 0.29) is 11.6 Å². The Labute approximate surface area is 156 Å². The Morgan fingerprint density at radius 1 is 1.33 bits per heavy atom. The summed E-state index contributed by atoms with van der Waals surface area (Å²) in [6, 6.07) is 6.83. The Morgan fingerprint density at radius 3 is 2.93 bits per heavy atom. The summed E-state index contributed by atoms with van der Waals surface area (Å²) in [7, 11) is 0. The van der Waals surface area contributed by atoms with Crippen LogP contribution in [0, 0.1) is 11.6 Å². The maximum absolute atomic E-state index is 13.9. The van der Waals surface area contributed by atoms with Crippen molar-refractivity contribution in [2.24, 2.45) is 0 Å². The van der Waals surface area contributed by atoms with Crippen LogP contribution in [0.3, 0.4) is 0 Å². The maximum atomic E-state index is 13.9. The van der Waals surface area contributed by atoms with E-state index in [2.05, 4.69) is 9.97 Å². The molecule has 0 aliphatic heterocycles. The first-order chi connectivity index (χ1) is 13.0. The molecule has 0 radical (unpaired) electrons. The third-order valence-electron chi connectivity index (χ3n) is 4.40. The van der Waals surface area contributed by atoms with Crippen molar-refractivity contribution in [3.05, 3.63) is 75.4 Å². The van der Waals surface area contributed by atoms with Crippen molar-refractivity contribution in [1.29, 1.82) is 0 Å². The van der Waals surface area contributed by atoms with Crippen LogP contribution in [0.5, 0.6) is 0 Å². The minimum absolute atomic E-state index is 0.239. The molecular formula is C19H16F2N3O2S+. The van der Waals surface area contributed by atoms with Crippen molar-refractivity contribution in [2.45, 2.75) is 19.5 Å². The quantitative estimate of drug-likeness (QED) is 0.551. The Kier molecular flexibility index (Phi) is 4.59. The zero-order valence-corrected chi connectivity index (χ0v) is 15.1. The van der Waals surface area contributed by atoms with Crippen molar-refractivity contribution in [2.75, 3.05) is 0 Å². The smallest absolute Gasteiger partial charge is 0.260 e. The third kappa shape index (κ3) is 3.41. The fourth-order valence-corrected chi connectivity index (χ4v) is 3.94. The molecule has 138 valence electrons. The molecule has 0 unspecified atom stereocenters. The van der Waals surface area contributed by atoms with Gasteiger partial charge in [-0.05, 0) is 31.2 Å². The molecule has 4 rings (SSSR count). The van der Waals surface area contributed by atoms with Crippen LogP contribution in [0.1, 0.15) is 24.4 Å². The monoisotopic (exact) mass is 388 g/mol. The van der Waals surface area contributed by atoms with Crippen molar-refractivity contribution in [3.8, 4) is 11.3 Å². The fraction of sp³-hybridized carbons (Fsp3) is 0.158. The molecule has 0 amide bonds. The number of thiophene rings is 1. The van der Waals surface area contributed by atoms with Crippen LogP contribution in [0.2, 0.25) is 0 Å². The highest BCUT2D eigenvalue weighted by Crippen LogP contribution is 2.30. The molecule has 3 N–H and O–H groups in total. The SMILES string of the molecule is C[C@H]([NH2+]Cc1nc2scc(-c3ccco3)c2c(=O)[nH]1)c1ccc(F)cc1F. The zero-order valence-electron chi connectivity index (χ0n) is 14.3. The fourth-order valence-electron chi connectivity index (χ4n) is 2.99. The van der Waals surface area contributed by atoms with Crippen LogP contribution in [0.25, 0.3) is 21.5 Å². The summed E-state index contributed by atoms with van der Waals surface area (Å²) in [5, 5.41) is 4.17. The number of fused-ring (bicyclic) bond motifs is 1. The van der Waals surface area contributed by atoms with Crippen molar-refractivity contribution in [3.63, 3.8) is 0 Å². The predicted molar refractivity (Wildman–Crippen MR) is 98.3 cm³/mol. The molecule has 4 aromatic rings. The molecule has 3 heterocycles. The lowest BCUT2D eigenvalue weighted by Gasteiger charge is -2.11. The van der Waals surface area contributed by atoms with Gasteiger partial charge in [0.1, 0.15) is 34.8 Å². The zero-order chi connectivity index (χ0) is 19.0. The number of aromatic nitrogens is 2. The second-order valence-electron chi connectivity index (χ2n) is 6.21. The largest absolute Gasteiger partial charge is 0.464 e. The number of quaternary nitrogens is 1. The molecule has 5 nitrogen and oxygen atoms in total. The van der Waals surface area contributed by atoms with Gasteiger partial charge in [0.15, 0.2) is 5.82 Å². The van der Waals surface area contributed by atoms with Crippen LogP contribution in [-0.4, -0.2) is 9.97 Å². The van der Waals surface area contributed by atoms with Gasteiger partial charge < -0.3 is 14.7 Å². The minimum Gasteiger partial charge on any atom is -0.464 e. The lowest BCUT2D eigenvalue weighted by molar-refractivity contribution is -0.709. The number of hydrogen-bond donors (Lipinski definition) is 2. The number of benzene rings is 1. The van der Waals surface area contributed by atoms with Crippen LogP contribution in [0.4, 0.5) is 8.78 Å². The van der Waals surface area contributed by atoms with E-state index in [1.807, 2.05) is 17.6 Å². The van der Waals surface area contributed by atoms with Gasteiger partial charge in [0.05, 0.1) is 11.6 Å². The normalized spacial score (nSPS) is 12.6. The van der Waals surface area contributed by atoms with E-state index in [4.69, 9.17) is 4.42 Å². The number of halogens is 2. The van der Waals surface area contributed by atoms with E-state index < -0.39 is 11.6 Å². The van der Waals surface area contributed by atoms with Gasteiger partial charge in [-0.15, -0.1) is 11.3 Å². The van der Waals surface area contributed by atoms with Gasteiger partial charge in [-0.25, -0.2) is 13.8 Å². The standard InChI is InChI=1S/C19H15F2N3O2S/c1-10(12-5-4-11(20)7-14(12)21)22-8-16-23-18(25)17-13(9-27-19(17)24-16)15-3-2-6-26-15/h2-7,9-10,22H,8H2,1H3,(H,23,24,25)/p+1/t10-/m0/s1. The van der Waals surface area contributed by atoms with E-state index in [1.54, 1.807) is 18.4 Å². The molecule has 0 spiro atoms. The van der Waals surface area contributed by atoms with E-state index >= 15 is 0 Å². The number of nitrogens with two attached hydrogens (primary N) is 1. The maximum Gasteiger partial charge on any atom is 0.260 e. The molecule has 0 fully saturated rings. The van der Waals surface area contributed by atoms with Crippen molar-refractivity contribution >= 4 is 21.6 Å². The van der Waals surface area contributed by atoms with E-state index in [9.17, 15) is 13.6 Å². The Hall–Kier alpha value is -2.84. The van der Waals surface area contributed by atoms with Gasteiger partial charge >= 0.3 is 0 Å². The number of furan rings is 1. The summed E-state index contributed by atoms with van der Waals surface area (Å²) in [6.45, 7) is 2.17. The molecule has 0 bridgehead atoms. The van der Waals surface area contributed by atoms with Gasteiger partial charge in [0.2, 0.25) is 0 Å². The van der Waals surface area contributed by atoms with Gasteiger partial charge in [-0.2, -0.15) is 0 Å². The van der Waals surface area contributed by atoms with Crippen molar-refractivity contribution < 1.29 is 18.5 Å². The molecule has 0 aliphatic rings. The highest BCUT2D eigenvalue weighted by molar-refractivity contribution is 7.17. The topological polar surface area (TPSA) is 75.5 Å².